The first-order chi connectivity index (χ1) is 8.20. The molecule has 0 bridgehead atoms. The van der Waals surface area contributed by atoms with E-state index in [1.807, 2.05) is 0 Å². The standard InChI is InChI=1S/C13H17N3O/c1-16(12-3-4-12)6-7-17-13-5-2-11(15)8-10(13)9-14/h2,5,8,12H,3-4,6-7,15H2,1H3. The topological polar surface area (TPSA) is 62.3 Å². The van der Waals surface area contributed by atoms with Gasteiger partial charge in [-0.1, -0.05) is 0 Å². The fourth-order valence-corrected chi connectivity index (χ4v) is 1.76. The summed E-state index contributed by atoms with van der Waals surface area (Å²) >= 11 is 0. The van der Waals surface area contributed by atoms with Gasteiger partial charge in [0, 0.05) is 18.3 Å². The van der Waals surface area contributed by atoms with Crippen LogP contribution in [0.25, 0.3) is 0 Å². The quantitative estimate of drug-likeness (QED) is 0.782. The van der Waals surface area contributed by atoms with E-state index in [4.69, 9.17) is 15.7 Å². The molecule has 0 aromatic heterocycles. The Labute approximate surface area is 102 Å². The molecule has 1 aliphatic rings. The molecule has 0 aliphatic heterocycles. The van der Waals surface area contributed by atoms with Crippen LogP contribution in [0, 0.1) is 11.3 Å². The zero-order valence-corrected chi connectivity index (χ0v) is 10.0. The van der Waals surface area contributed by atoms with E-state index in [0.717, 1.165) is 12.6 Å². The van der Waals surface area contributed by atoms with Crippen LogP contribution < -0.4 is 10.5 Å². The van der Waals surface area contributed by atoms with Crippen molar-refractivity contribution >= 4 is 5.69 Å². The second kappa shape index (κ2) is 5.07. The summed E-state index contributed by atoms with van der Waals surface area (Å²) in [6.07, 6.45) is 2.59. The lowest BCUT2D eigenvalue weighted by Gasteiger charge is -2.16. The maximum atomic E-state index is 8.95. The molecular formula is C13H17N3O. The smallest absolute Gasteiger partial charge is 0.137 e. The van der Waals surface area contributed by atoms with E-state index in [-0.39, 0.29) is 0 Å². The molecule has 2 N–H and O–H groups in total. The molecule has 1 aromatic rings. The Kier molecular flexibility index (Phi) is 3.50. The molecule has 0 unspecified atom stereocenters. The molecule has 0 radical (unpaired) electrons. The van der Waals surface area contributed by atoms with Gasteiger partial charge in [0.1, 0.15) is 18.4 Å². The molecule has 1 aliphatic carbocycles. The van der Waals surface area contributed by atoms with Gasteiger partial charge in [-0.15, -0.1) is 0 Å². The fourth-order valence-electron chi connectivity index (χ4n) is 1.76. The Morgan fingerprint density at radius 3 is 2.94 bits per heavy atom. The zero-order valence-electron chi connectivity index (χ0n) is 10.0. The van der Waals surface area contributed by atoms with Gasteiger partial charge < -0.3 is 15.4 Å². The lowest BCUT2D eigenvalue weighted by Crippen LogP contribution is -2.26. The van der Waals surface area contributed by atoms with Crippen molar-refractivity contribution in [3.05, 3.63) is 23.8 Å². The van der Waals surface area contributed by atoms with E-state index in [1.54, 1.807) is 18.2 Å². The van der Waals surface area contributed by atoms with E-state index in [0.29, 0.717) is 23.6 Å². The third kappa shape index (κ3) is 3.11. The average molecular weight is 231 g/mol. The van der Waals surface area contributed by atoms with Crippen LogP contribution in [-0.2, 0) is 0 Å². The summed E-state index contributed by atoms with van der Waals surface area (Å²) in [7, 11) is 2.11. The first-order valence-corrected chi connectivity index (χ1v) is 5.83. The lowest BCUT2D eigenvalue weighted by atomic mass is 10.2. The second-order valence-corrected chi connectivity index (χ2v) is 4.43. The summed E-state index contributed by atoms with van der Waals surface area (Å²) in [6.45, 7) is 1.49. The fraction of sp³-hybridized carbons (Fsp3) is 0.462. The molecule has 4 heteroatoms. The number of benzene rings is 1. The summed E-state index contributed by atoms with van der Waals surface area (Å²) in [4.78, 5) is 2.29. The number of ether oxygens (including phenoxy) is 1. The van der Waals surface area contributed by atoms with Crippen LogP contribution in [0.5, 0.6) is 5.75 Å². The summed E-state index contributed by atoms with van der Waals surface area (Å²) in [5.74, 6) is 0.617. The Bertz CT molecular complexity index is 435. The molecule has 1 fully saturated rings. The first kappa shape index (κ1) is 11.7. The van der Waals surface area contributed by atoms with E-state index < -0.39 is 0 Å². The predicted octanol–water partition coefficient (Wildman–Crippen LogP) is 1.61. The van der Waals surface area contributed by atoms with Gasteiger partial charge in [-0.2, -0.15) is 5.26 Å². The molecular weight excluding hydrogens is 214 g/mol. The predicted molar refractivity (Wildman–Crippen MR) is 66.7 cm³/mol. The van der Waals surface area contributed by atoms with Crippen molar-refractivity contribution in [2.24, 2.45) is 0 Å². The zero-order chi connectivity index (χ0) is 12.3. The number of likely N-dealkylation sites (N-methyl/N-ethyl adjacent to an activating group) is 1. The number of nitrogens with zero attached hydrogens (tertiary/aromatic N) is 2. The molecule has 0 heterocycles. The molecule has 90 valence electrons. The maximum absolute atomic E-state index is 8.95. The van der Waals surface area contributed by atoms with Crippen LogP contribution in [0.15, 0.2) is 18.2 Å². The largest absolute Gasteiger partial charge is 0.491 e. The van der Waals surface area contributed by atoms with Crippen LogP contribution in [-0.4, -0.2) is 31.1 Å². The second-order valence-electron chi connectivity index (χ2n) is 4.43. The van der Waals surface area contributed by atoms with Gasteiger partial charge in [0.05, 0.1) is 5.56 Å². The first-order valence-electron chi connectivity index (χ1n) is 5.83. The van der Waals surface area contributed by atoms with Crippen LogP contribution in [0.4, 0.5) is 5.69 Å². The minimum atomic E-state index is 0.499. The minimum absolute atomic E-state index is 0.499. The number of nitriles is 1. The van der Waals surface area contributed by atoms with Crippen molar-refractivity contribution in [2.45, 2.75) is 18.9 Å². The normalized spacial score (nSPS) is 14.6. The highest BCUT2D eigenvalue weighted by molar-refractivity contribution is 5.53. The van der Waals surface area contributed by atoms with Crippen LogP contribution >= 0.6 is 0 Å². The van der Waals surface area contributed by atoms with Crippen molar-refractivity contribution < 1.29 is 4.74 Å². The van der Waals surface area contributed by atoms with Crippen LogP contribution in [0.2, 0.25) is 0 Å². The van der Waals surface area contributed by atoms with Crippen molar-refractivity contribution in [3.63, 3.8) is 0 Å². The van der Waals surface area contributed by atoms with Crippen molar-refractivity contribution in [1.82, 2.24) is 4.90 Å². The Morgan fingerprint density at radius 2 is 2.29 bits per heavy atom. The molecule has 0 spiro atoms. The van der Waals surface area contributed by atoms with Gasteiger partial charge in [0.15, 0.2) is 0 Å². The molecule has 2 rings (SSSR count). The average Bonchev–Trinajstić information content (AvgIpc) is 3.14. The maximum Gasteiger partial charge on any atom is 0.137 e. The molecule has 4 nitrogen and oxygen atoms in total. The van der Waals surface area contributed by atoms with E-state index in [2.05, 4.69) is 18.0 Å². The number of nitrogen functional groups attached to an aromatic ring is 1. The van der Waals surface area contributed by atoms with Gasteiger partial charge in [-0.05, 0) is 38.1 Å². The Morgan fingerprint density at radius 1 is 1.53 bits per heavy atom. The van der Waals surface area contributed by atoms with Gasteiger partial charge >= 0.3 is 0 Å². The van der Waals surface area contributed by atoms with Crippen molar-refractivity contribution in [2.75, 3.05) is 25.9 Å². The monoisotopic (exact) mass is 231 g/mol. The van der Waals surface area contributed by atoms with Crippen molar-refractivity contribution in [1.29, 1.82) is 5.26 Å². The molecule has 0 atom stereocenters. The summed E-state index contributed by atoms with van der Waals surface area (Å²) < 4.78 is 5.61. The number of nitrogens with two attached hydrogens (primary N) is 1. The lowest BCUT2D eigenvalue weighted by molar-refractivity contribution is 0.231. The summed E-state index contributed by atoms with van der Waals surface area (Å²) in [5, 5.41) is 8.95. The SMILES string of the molecule is CN(CCOc1ccc(N)cc1C#N)C1CC1. The number of hydrogen-bond acceptors (Lipinski definition) is 4. The number of anilines is 1. The third-order valence-corrected chi connectivity index (χ3v) is 3.00. The molecule has 0 amide bonds. The van der Waals surface area contributed by atoms with Crippen LogP contribution in [0.1, 0.15) is 18.4 Å². The molecule has 1 saturated carbocycles. The highest BCUT2D eigenvalue weighted by Gasteiger charge is 2.25. The number of hydrogen-bond donors (Lipinski definition) is 1. The van der Waals surface area contributed by atoms with Gasteiger partial charge in [0.25, 0.3) is 0 Å². The Hall–Kier alpha value is -1.73. The molecule has 1 aromatic carbocycles. The summed E-state index contributed by atoms with van der Waals surface area (Å²) in [5.41, 5.74) is 6.70. The molecule has 17 heavy (non-hydrogen) atoms. The third-order valence-electron chi connectivity index (χ3n) is 3.00. The van der Waals surface area contributed by atoms with E-state index >= 15 is 0 Å². The van der Waals surface area contributed by atoms with Gasteiger partial charge in [-0.3, -0.25) is 0 Å². The van der Waals surface area contributed by atoms with E-state index in [9.17, 15) is 0 Å². The van der Waals surface area contributed by atoms with E-state index in [1.165, 1.54) is 12.8 Å². The Balaban J connectivity index is 1.87. The molecule has 0 saturated heterocycles. The highest BCUT2D eigenvalue weighted by Crippen LogP contribution is 2.25. The van der Waals surface area contributed by atoms with Crippen molar-refractivity contribution in [3.8, 4) is 11.8 Å². The van der Waals surface area contributed by atoms with Crippen LogP contribution in [0.3, 0.4) is 0 Å². The minimum Gasteiger partial charge on any atom is -0.491 e. The number of rotatable bonds is 5. The summed E-state index contributed by atoms with van der Waals surface area (Å²) in [6, 6.07) is 7.97. The highest BCUT2D eigenvalue weighted by atomic mass is 16.5. The van der Waals surface area contributed by atoms with Gasteiger partial charge in [0.2, 0.25) is 0 Å². The van der Waals surface area contributed by atoms with Gasteiger partial charge in [-0.25, -0.2) is 0 Å².